The molecule has 1 amide bonds. The number of nitrogens with one attached hydrogen (secondary N) is 1. The van der Waals surface area contributed by atoms with Crippen molar-refractivity contribution in [1.29, 1.82) is 0 Å². The minimum absolute atomic E-state index is 0.00742. The van der Waals surface area contributed by atoms with Gasteiger partial charge in [-0.15, -0.1) is 0 Å². The van der Waals surface area contributed by atoms with Gasteiger partial charge in [0.1, 0.15) is 11.4 Å². The molecular weight excluding hydrogens is 464 g/mol. The molecule has 0 aliphatic carbocycles. The molecule has 1 aromatic carbocycles. The zero-order chi connectivity index (χ0) is 24.2. The smallest absolute Gasteiger partial charge is 0.287 e. The number of aromatic nitrogens is 4. The van der Waals surface area contributed by atoms with E-state index in [1.165, 1.54) is 12.5 Å². The van der Waals surface area contributed by atoms with Crippen molar-refractivity contribution in [3.05, 3.63) is 52.5 Å². The molecule has 0 spiro atoms. The molecule has 1 N–H and O–H groups in total. The first-order valence-electron chi connectivity index (χ1n) is 12.1. The number of para-hydroxylation sites is 1. The highest BCUT2D eigenvalue weighted by Gasteiger charge is 2.20. The third-order valence-corrected chi connectivity index (χ3v) is 7.07. The Morgan fingerprint density at radius 1 is 1.14 bits per heavy atom. The summed E-state index contributed by atoms with van der Waals surface area (Å²) < 4.78 is 7.44. The number of hydrogen-bond acceptors (Lipinski definition) is 8. The van der Waals surface area contributed by atoms with E-state index in [2.05, 4.69) is 22.2 Å². The Kier molecular flexibility index (Phi) is 6.98. The van der Waals surface area contributed by atoms with Crippen LogP contribution < -0.4 is 15.6 Å². The number of hydrogen-bond donors (Lipinski definition) is 1. The summed E-state index contributed by atoms with van der Waals surface area (Å²) >= 11 is 1.65. The Bertz CT molecular complexity index is 1410. The molecule has 10 heteroatoms. The summed E-state index contributed by atoms with van der Waals surface area (Å²) in [5, 5.41) is 9.52. The maximum Gasteiger partial charge on any atom is 0.287 e. The van der Waals surface area contributed by atoms with Crippen LogP contribution in [0.25, 0.3) is 22.0 Å². The van der Waals surface area contributed by atoms with Crippen LogP contribution in [0.5, 0.6) is 0 Å². The first kappa shape index (κ1) is 23.3. The van der Waals surface area contributed by atoms with Crippen molar-refractivity contribution in [2.75, 3.05) is 30.3 Å². The van der Waals surface area contributed by atoms with Crippen LogP contribution in [0, 0.1) is 0 Å². The van der Waals surface area contributed by atoms with Crippen LogP contribution in [-0.4, -0.2) is 51.0 Å². The molecule has 0 bridgehead atoms. The molecule has 35 heavy (non-hydrogen) atoms. The Morgan fingerprint density at radius 3 is 2.80 bits per heavy atom. The minimum atomic E-state index is -0.438. The van der Waals surface area contributed by atoms with Crippen molar-refractivity contribution in [2.24, 2.45) is 0 Å². The van der Waals surface area contributed by atoms with Crippen molar-refractivity contribution >= 4 is 45.5 Å². The van der Waals surface area contributed by atoms with E-state index >= 15 is 0 Å². The van der Waals surface area contributed by atoms with Gasteiger partial charge in [0.25, 0.3) is 5.91 Å². The van der Waals surface area contributed by atoms with Crippen molar-refractivity contribution in [3.63, 3.8) is 0 Å². The average molecular weight is 493 g/mol. The van der Waals surface area contributed by atoms with Crippen LogP contribution in [0.2, 0.25) is 0 Å². The highest BCUT2D eigenvalue weighted by Crippen LogP contribution is 2.29. The number of carbonyl (C=O) groups excluding carboxylic acids is 1. The largest absolute Gasteiger partial charge is 0.451 e. The fourth-order valence-electron chi connectivity index (χ4n) is 4.27. The Hall–Kier alpha value is -3.40. The summed E-state index contributed by atoms with van der Waals surface area (Å²) in [5.41, 5.74) is 0.919. The van der Waals surface area contributed by atoms with Crippen LogP contribution >= 0.6 is 11.8 Å². The molecule has 3 aromatic heterocycles. The van der Waals surface area contributed by atoms with Crippen molar-refractivity contribution in [2.45, 2.75) is 44.3 Å². The molecule has 1 aliphatic heterocycles. The number of nitrogens with zero attached hydrogens (tertiary/aromatic N) is 5. The summed E-state index contributed by atoms with van der Waals surface area (Å²) in [4.78, 5) is 36.9. The van der Waals surface area contributed by atoms with Crippen molar-refractivity contribution < 1.29 is 9.21 Å². The van der Waals surface area contributed by atoms with Gasteiger partial charge in [-0.1, -0.05) is 30.8 Å². The average Bonchev–Trinajstić information content (AvgIpc) is 3.30. The Labute approximate surface area is 206 Å². The molecule has 5 rings (SSSR count). The lowest BCUT2D eigenvalue weighted by atomic mass is 10.1. The van der Waals surface area contributed by atoms with Crippen LogP contribution in [-0.2, 0) is 6.54 Å². The fourth-order valence-corrected chi connectivity index (χ4v) is 4.96. The summed E-state index contributed by atoms with van der Waals surface area (Å²) in [7, 11) is 0. The SMILES string of the molecule is CCCSc1nc(N2CCCCC2)c2cnn(CCNC(=O)c3cc(=O)c4ccccc4o3)c2n1. The second-order valence-electron chi connectivity index (χ2n) is 8.56. The van der Waals surface area contributed by atoms with Crippen LogP contribution in [0.4, 0.5) is 5.82 Å². The first-order chi connectivity index (χ1) is 17.1. The number of piperidine rings is 1. The van der Waals surface area contributed by atoms with E-state index in [0.29, 0.717) is 24.1 Å². The summed E-state index contributed by atoms with van der Waals surface area (Å²) in [6.45, 7) is 4.86. The Morgan fingerprint density at radius 2 is 1.97 bits per heavy atom. The van der Waals surface area contributed by atoms with E-state index in [9.17, 15) is 9.59 Å². The molecule has 0 atom stereocenters. The molecule has 4 heterocycles. The standard InChI is InChI=1S/C25H28N6O3S/c1-2-14-35-25-28-22(30-11-6-3-7-12-30)18-16-27-31(23(18)29-25)13-10-26-24(33)21-15-19(32)17-8-4-5-9-20(17)34-21/h4-5,8-9,15-16H,2-3,6-7,10-14H2,1H3,(H,26,33). The van der Waals surface area contributed by atoms with Gasteiger partial charge in [0.15, 0.2) is 22.0 Å². The van der Waals surface area contributed by atoms with E-state index in [1.54, 1.807) is 40.7 Å². The van der Waals surface area contributed by atoms with Gasteiger partial charge < -0.3 is 14.6 Å². The Balaban J connectivity index is 1.34. The van der Waals surface area contributed by atoms with Gasteiger partial charge >= 0.3 is 0 Å². The quantitative estimate of drug-likeness (QED) is 0.292. The lowest BCUT2D eigenvalue weighted by Crippen LogP contribution is -2.30. The zero-order valence-electron chi connectivity index (χ0n) is 19.7. The van der Waals surface area contributed by atoms with Gasteiger partial charge in [0.2, 0.25) is 0 Å². The lowest BCUT2D eigenvalue weighted by Gasteiger charge is -2.28. The minimum Gasteiger partial charge on any atom is -0.451 e. The molecule has 0 unspecified atom stereocenters. The second kappa shape index (κ2) is 10.5. The van der Waals surface area contributed by atoms with E-state index in [1.807, 2.05) is 6.20 Å². The lowest BCUT2D eigenvalue weighted by molar-refractivity contribution is 0.0925. The predicted octanol–water partition coefficient (Wildman–Crippen LogP) is 3.86. The van der Waals surface area contributed by atoms with Gasteiger partial charge in [-0.05, 0) is 37.8 Å². The summed E-state index contributed by atoms with van der Waals surface area (Å²) in [6, 6.07) is 8.12. The zero-order valence-corrected chi connectivity index (χ0v) is 20.5. The molecule has 1 aliphatic rings. The molecule has 9 nitrogen and oxygen atoms in total. The van der Waals surface area contributed by atoms with E-state index in [4.69, 9.17) is 14.4 Å². The van der Waals surface area contributed by atoms with E-state index < -0.39 is 5.91 Å². The molecule has 0 radical (unpaired) electrons. The number of thioether (sulfide) groups is 1. The predicted molar refractivity (Wildman–Crippen MR) is 137 cm³/mol. The van der Waals surface area contributed by atoms with Gasteiger partial charge in [-0.2, -0.15) is 5.10 Å². The molecule has 0 saturated carbocycles. The highest BCUT2D eigenvalue weighted by molar-refractivity contribution is 7.99. The first-order valence-corrected chi connectivity index (χ1v) is 13.0. The number of carbonyl (C=O) groups is 1. The number of amides is 1. The number of anilines is 1. The fraction of sp³-hybridized carbons (Fsp3) is 0.400. The monoisotopic (exact) mass is 492 g/mol. The van der Waals surface area contributed by atoms with Crippen LogP contribution in [0.3, 0.4) is 0 Å². The van der Waals surface area contributed by atoms with Gasteiger partial charge in [-0.25, -0.2) is 14.6 Å². The van der Waals surface area contributed by atoms with Crippen molar-refractivity contribution in [1.82, 2.24) is 25.1 Å². The van der Waals surface area contributed by atoms with E-state index in [0.717, 1.165) is 60.1 Å². The van der Waals surface area contributed by atoms with Crippen LogP contribution in [0.1, 0.15) is 43.2 Å². The van der Waals surface area contributed by atoms with E-state index in [-0.39, 0.29) is 11.2 Å². The number of benzene rings is 1. The van der Waals surface area contributed by atoms with Crippen molar-refractivity contribution in [3.8, 4) is 0 Å². The molecule has 4 aromatic rings. The third-order valence-electron chi connectivity index (χ3n) is 6.01. The third kappa shape index (κ3) is 5.02. The van der Waals surface area contributed by atoms with Crippen LogP contribution in [0.15, 0.2) is 50.9 Å². The summed E-state index contributed by atoms with van der Waals surface area (Å²) in [6.07, 6.45) is 6.43. The number of fused-ring (bicyclic) bond motifs is 2. The second-order valence-corrected chi connectivity index (χ2v) is 9.62. The molecule has 1 fully saturated rings. The van der Waals surface area contributed by atoms with Gasteiger partial charge in [-0.3, -0.25) is 9.59 Å². The normalized spacial score (nSPS) is 14.0. The van der Waals surface area contributed by atoms with Gasteiger partial charge in [0.05, 0.1) is 23.5 Å². The maximum absolute atomic E-state index is 12.7. The summed E-state index contributed by atoms with van der Waals surface area (Å²) in [5.74, 6) is 1.45. The topological polar surface area (TPSA) is 106 Å². The maximum atomic E-state index is 12.7. The molecule has 1 saturated heterocycles. The number of rotatable bonds is 8. The highest BCUT2D eigenvalue weighted by atomic mass is 32.2. The molecular formula is C25H28N6O3S. The molecule has 182 valence electrons. The van der Waals surface area contributed by atoms with Gasteiger partial charge in [0, 0.05) is 31.5 Å².